The van der Waals surface area contributed by atoms with E-state index in [9.17, 15) is 8.78 Å². The van der Waals surface area contributed by atoms with Crippen LogP contribution < -0.4 is 10.5 Å². The van der Waals surface area contributed by atoms with E-state index in [4.69, 9.17) is 10.5 Å². The molecule has 0 spiro atoms. The Kier molecular flexibility index (Phi) is 3.83. The van der Waals surface area contributed by atoms with Gasteiger partial charge in [0.1, 0.15) is 0 Å². The van der Waals surface area contributed by atoms with E-state index in [0.29, 0.717) is 10.2 Å². The Balaban J connectivity index is 2.27. The summed E-state index contributed by atoms with van der Waals surface area (Å²) in [4.78, 5) is 7.80. The molecule has 1 aromatic heterocycles. The summed E-state index contributed by atoms with van der Waals surface area (Å²) < 4.78 is 32.0. The van der Waals surface area contributed by atoms with Gasteiger partial charge in [0.2, 0.25) is 11.7 Å². The van der Waals surface area contributed by atoms with E-state index in [0.717, 1.165) is 6.07 Å². The molecule has 2 N–H and O–H groups in total. The molecule has 0 unspecified atom stereocenters. The molecule has 2 rings (SSSR count). The van der Waals surface area contributed by atoms with E-state index >= 15 is 0 Å². The standard InChI is InChI=1S/C11H8BrF2N3O/c12-6-1-8(13)11(14)9(2-6)18-10-5-16-7(3-15)4-17-10/h1-2,4-5H,3,15H2. The Hall–Kier alpha value is -1.60. The van der Waals surface area contributed by atoms with Gasteiger partial charge in [-0.2, -0.15) is 4.39 Å². The van der Waals surface area contributed by atoms with Gasteiger partial charge in [0, 0.05) is 11.0 Å². The van der Waals surface area contributed by atoms with Crippen molar-refractivity contribution in [2.24, 2.45) is 5.73 Å². The van der Waals surface area contributed by atoms with Gasteiger partial charge in [-0.05, 0) is 12.1 Å². The fraction of sp³-hybridized carbons (Fsp3) is 0.0909. The number of halogens is 3. The zero-order valence-corrected chi connectivity index (χ0v) is 10.6. The maximum atomic E-state index is 13.4. The van der Waals surface area contributed by atoms with Gasteiger partial charge in [-0.3, -0.25) is 4.98 Å². The first kappa shape index (κ1) is 12.8. The minimum absolute atomic E-state index is 0.0589. The minimum atomic E-state index is -1.08. The van der Waals surface area contributed by atoms with Gasteiger partial charge < -0.3 is 10.5 Å². The molecule has 0 saturated carbocycles. The number of hydrogen-bond acceptors (Lipinski definition) is 4. The predicted molar refractivity (Wildman–Crippen MR) is 64.1 cm³/mol. The number of aromatic nitrogens is 2. The van der Waals surface area contributed by atoms with Crippen LogP contribution in [-0.2, 0) is 6.54 Å². The Morgan fingerprint density at radius 1 is 1.22 bits per heavy atom. The van der Waals surface area contributed by atoms with Crippen molar-refractivity contribution in [3.8, 4) is 11.6 Å². The van der Waals surface area contributed by atoms with Crippen LogP contribution in [0.3, 0.4) is 0 Å². The van der Waals surface area contributed by atoms with Crippen LogP contribution >= 0.6 is 15.9 Å². The molecular formula is C11H8BrF2N3O. The molecule has 0 aliphatic carbocycles. The van der Waals surface area contributed by atoms with Crippen molar-refractivity contribution in [2.75, 3.05) is 0 Å². The van der Waals surface area contributed by atoms with E-state index < -0.39 is 11.6 Å². The van der Waals surface area contributed by atoms with Gasteiger partial charge in [-0.25, -0.2) is 9.37 Å². The monoisotopic (exact) mass is 315 g/mol. The van der Waals surface area contributed by atoms with Crippen molar-refractivity contribution in [2.45, 2.75) is 6.54 Å². The Morgan fingerprint density at radius 2 is 2.00 bits per heavy atom. The summed E-state index contributed by atoms with van der Waals surface area (Å²) in [5, 5.41) is 0. The van der Waals surface area contributed by atoms with Crippen molar-refractivity contribution in [1.82, 2.24) is 9.97 Å². The highest BCUT2D eigenvalue weighted by Gasteiger charge is 2.12. The van der Waals surface area contributed by atoms with E-state index in [1.54, 1.807) is 0 Å². The second kappa shape index (κ2) is 5.36. The summed E-state index contributed by atoms with van der Waals surface area (Å²) in [6.07, 6.45) is 2.70. The van der Waals surface area contributed by atoms with Crippen LogP contribution in [0.4, 0.5) is 8.78 Å². The van der Waals surface area contributed by atoms with Crippen molar-refractivity contribution >= 4 is 15.9 Å². The number of nitrogens with two attached hydrogens (primary N) is 1. The zero-order valence-electron chi connectivity index (χ0n) is 9.03. The van der Waals surface area contributed by atoms with Gasteiger partial charge in [0.15, 0.2) is 11.6 Å². The molecule has 0 aliphatic rings. The number of nitrogens with zero attached hydrogens (tertiary/aromatic N) is 2. The average Bonchev–Trinajstić information content (AvgIpc) is 2.36. The molecule has 94 valence electrons. The highest BCUT2D eigenvalue weighted by Crippen LogP contribution is 2.28. The first-order chi connectivity index (χ1) is 8.60. The molecule has 0 radical (unpaired) electrons. The summed E-state index contributed by atoms with van der Waals surface area (Å²) in [6, 6.07) is 2.31. The van der Waals surface area contributed by atoms with Crippen molar-refractivity contribution in [3.05, 3.63) is 46.3 Å². The van der Waals surface area contributed by atoms with Gasteiger partial charge in [0.05, 0.1) is 18.1 Å². The van der Waals surface area contributed by atoms with Crippen molar-refractivity contribution in [3.63, 3.8) is 0 Å². The molecule has 18 heavy (non-hydrogen) atoms. The maximum Gasteiger partial charge on any atom is 0.237 e. The molecule has 7 heteroatoms. The van der Waals surface area contributed by atoms with Crippen LogP contribution in [-0.4, -0.2) is 9.97 Å². The molecule has 0 fully saturated rings. The molecular weight excluding hydrogens is 308 g/mol. The molecule has 4 nitrogen and oxygen atoms in total. The molecule has 1 heterocycles. The van der Waals surface area contributed by atoms with Crippen LogP contribution in [0, 0.1) is 11.6 Å². The smallest absolute Gasteiger partial charge is 0.237 e. The van der Waals surface area contributed by atoms with Crippen LogP contribution in [0.2, 0.25) is 0 Å². The van der Waals surface area contributed by atoms with Gasteiger partial charge in [-0.1, -0.05) is 15.9 Å². The van der Waals surface area contributed by atoms with E-state index in [-0.39, 0.29) is 18.2 Å². The first-order valence-corrected chi connectivity index (χ1v) is 5.73. The molecule has 0 bridgehead atoms. The largest absolute Gasteiger partial charge is 0.434 e. The summed E-state index contributed by atoms with van der Waals surface area (Å²) in [5.41, 5.74) is 5.93. The summed E-state index contributed by atoms with van der Waals surface area (Å²) in [7, 11) is 0. The Bertz CT molecular complexity index is 563. The number of ether oxygens (including phenoxy) is 1. The highest BCUT2D eigenvalue weighted by atomic mass is 79.9. The molecule has 0 amide bonds. The zero-order chi connectivity index (χ0) is 13.1. The van der Waals surface area contributed by atoms with Gasteiger partial charge in [-0.15, -0.1) is 0 Å². The summed E-state index contributed by atoms with van der Waals surface area (Å²) in [6.45, 7) is 0.243. The lowest BCUT2D eigenvalue weighted by atomic mass is 10.3. The predicted octanol–water partition coefficient (Wildman–Crippen LogP) is 2.77. The third-order valence-corrected chi connectivity index (χ3v) is 2.52. The fourth-order valence-corrected chi connectivity index (χ4v) is 1.63. The van der Waals surface area contributed by atoms with Gasteiger partial charge in [0.25, 0.3) is 0 Å². The third kappa shape index (κ3) is 2.80. The normalized spacial score (nSPS) is 10.4. The van der Waals surface area contributed by atoms with Gasteiger partial charge >= 0.3 is 0 Å². The Labute approximate surface area is 110 Å². The molecule has 0 atom stereocenters. The number of hydrogen-bond donors (Lipinski definition) is 1. The molecule has 2 aromatic rings. The quantitative estimate of drug-likeness (QED) is 0.885. The first-order valence-electron chi connectivity index (χ1n) is 4.93. The van der Waals surface area contributed by atoms with E-state index in [1.165, 1.54) is 18.5 Å². The average molecular weight is 316 g/mol. The Morgan fingerprint density at radius 3 is 2.61 bits per heavy atom. The fourth-order valence-electron chi connectivity index (χ4n) is 1.22. The molecule has 0 saturated heterocycles. The number of rotatable bonds is 3. The summed E-state index contributed by atoms with van der Waals surface area (Å²) in [5.74, 6) is -2.30. The lowest BCUT2D eigenvalue weighted by Crippen LogP contribution is -2.01. The topological polar surface area (TPSA) is 61.0 Å². The van der Waals surface area contributed by atoms with E-state index in [2.05, 4.69) is 25.9 Å². The second-order valence-corrected chi connectivity index (χ2v) is 4.27. The highest BCUT2D eigenvalue weighted by molar-refractivity contribution is 9.10. The van der Waals surface area contributed by atoms with Crippen molar-refractivity contribution in [1.29, 1.82) is 0 Å². The molecule has 1 aromatic carbocycles. The van der Waals surface area contributed by atoms with Crippen LogP contribution in [0.1, 0.15) is 5.69 Å². The third-order valence-electron chi connectivity index (χ3n) is 2.06. The van der Waals surface area contributed by atoms with Crippen LogP contribution in [0.5, 0.6) is 11.6 Å². The van der Waals surface area contributed by atoms with Crippen LogP contribution in [0.25, 0.3) is 0 Å². The minimum Gasteiger partial charge on any atom is -0.434 e. The molecule has 0 aliphatic heterocycles. The maximum absolute atomic E-state index is 13.4. The lowest BCUT2D eigenvalue weighted by Gasteiger charge is -2.07. The second-order valence-electron chi connectivity index (χ2n) is 3.35. The summed E-state index contributed by atoms with van der Waals surface area (Å²) >= 11 is 3.04. The van der Waals surface area contributed by atoms with Crippen molar-refractivity contribution < 1.29 is 13.5 Å². The van der Waals surface area contributed by atoms with E-state index in [1.807, 2.05) is 0 Å². The lowest BCUT2D eigenvalue weighted by molar-refractivity contribution is 0.403. The SMILES string of the molecule is NCc1cnc(Oc2cc(Br)cc(F)c2F)cn1. The van der Waals surface area contributed by atoms with Crippen LogP contribution in [0.15, 0.2) is 29.0 Å². The number of benzene rings is 1.